The van der Waals surface area contributed by atoms with E-state index in [4.69, 9.17) is 5.11 Å². The maximum atomic E-state index is 13.8. The number of hydrogen-bond donors (Lipinski definition) is 3. The van der Waals surface area contributed by atoms with E-state index >= 15 is 0 Å². The summed E-state index contributed by atoms with van der Waals surface area (Å²) in [6.45, 7) is 1.15. The van der Waals surface area contributed by atoms with Crippen molar-refractivity contribution >= 4 is 44.6 Å². The molecule has 15 heteroatoms. The molecule has 3 aliphatic rings. The summed E-state index contributed by atoms with van der Waals surface area (Å²) in [6.07, 6.45) is 6.82. The van der Waals surface area contributed by atoms with E-state index in [1.165, 1.54) is 25.2 Å². The van der Waals surface area contributed by atoms with Crippen molar-refractivity contribution in [3.8, 4) is 0 Å². The highest BCUT2D eigenvalue weighted by molar-refractivity contribution is 7.92. The first-order valence-electron chi connectivity index (χ1n) is 13.7. The Labute approximate surface area is 235 Å². The smallest absolute Gasteiger partial charge is 0.258 e. The second-order valence-corrected chi connectivity index (χ2v) is 13.0. The van der Waals surface area contributed by atoms with E-state index in [9.17, 15) is 22.0 Å². The van der Waals surface area contributed by atoms with Gasteiger partial charge in [0, 0.05) is 39.0 Å². The highest BCUT2D eigenvalue weighted by Crippen LogP contribution is 2.54. The van der Waals surface area contributed by atoms with Gasteiger partial charge in [-0.25, -0.2) is 22.2 Å². The van der Waals surface area contributed by atoms with Gasteiger partial charge < -0.3 is 20.2 Å². The molecule has 1 amide bonds. The zero-order valence-corrected chi connectivity index (χ0v) is 23.2. The minimum absolute atomic E-state index is 0.0914. The van der Waals surface area contributed by atoms with Gasteiger partial charge >= 0.3 is 0 Å². The number of fused-ring (bicyclic) bond motifs is 1. The van der Waals surface area contributed by atoms with Crippen LogP contribution < -0.4 is 19.8 Å². The Morgan fingerprint density at radius 1 is 1.02 bits per heavy atom. The molecular weight excluding hydrogens is 558 g/mol. The topological polar surface area (TPSA) is 145 Å². The van der Waals surface area contributed by atoms with Crippen LogP contribution in [0.1, 0.15) is 48.9 Å². The normalized spacial score (nSPS) is 19.9. The van der Waals surface area contributed by atoms with E-state index in [1.54, 1.807) is 27.6 Å². The number of carbonyl (C=O) groups is 1. The molecule has 2 saturated heterocycles. The van der Waals surface area contributed by atoms with E-state index < -0.39 is 34.2 Å². The zero-order chi connectivity index (χ0) is 28.8. The molecule has 1 aromatic carbocycles. The average Bonchev–Trinajstić information content (AvgIpc) is 3.50. The molecule has 2 aliphatic heterocycles. The van der Waals surface area contributed by atoms with Gasteiger partial charge in [-0.3, -0.25) is 13.9 Å². The largest absolute Gasteiger partial charge is 0.395 e. The van der Waals surface area contributed by atoms with Gasteiger partial charge in [-0.2, -0.15) is 0 Å². The number of nitrogens with zero attached hydrogens (tertiary/aromatic N) is 6. The maximum Gasteiger partial charge on any atom is 0.258 e. The van der Waals surface area contributed by atoms with Crippen molar-refractivity contribution in [2.45, 2.75) is 44.4 Å². The molecule has 3 N–H and O–H groups in total. The zero-order valence-electron chi connectivity index (χ0n) is 22.4. The Hall–Kier alpha value is -3.59. The van der Waals surface area contributed by atoms with Crippen molar-refractivity contribution in [1.29, 1.82) is 0 Å². The van der Waals surface area contributed by atoms with Gasteiger partial charge in [-0.15, -0.1) is 10.2 Å². The van der Waals surface area contributed by atoms with Crippen molar-refractivity contribution in [3.05, 3.63) is 36.3 Å². The molecule has 1 aliphatic carbocycles. The van der Waals surface area contributed by atoms with Crippen molar-refractivity contribution in [2.24, 2.45) is 5.41 Å². The lowest BCUT2D eigenvalue weighted by Gasteiger charge is -2.35. The number of alkyl halides is 2. The van der Waals surface area contributed by atoms with Crippen molar-refractivity contribution < 1.29 is 27.1 Å². The Bertz CT molecular complexity index is 1560. The minimum atomic E-state index is -3.76. The highest BCUT2D eigenvalue weighted by atomic mass is 32.2. The summed E-state index contributed by atoms with van der Waals surface area (Å²) in [7, 11) is -3.76. The predicted octanol–water partition coefficient (Wildman–Crippen LogP) is 2.73. The second kappa shape index (κ2) is 10.4. The molecule has 0 atom stereocenters. The molecule has 1 saturated carbocycles. The summed E-state index contributed by atoms with van der Waals surface area (Å²) in [4.78, 5) is 22.0. The van der Waals surface area contributed by atoms with Gasteiger partial charge in [-0.05, 0) is 49.3 Å². The number of piperidine rings is 2. The molecule has 0 bridgehead atoms. The van der Waals surface area contributed by atoms with Crippen LogP contribution in [0.5, 0.6) is 0 Å². The molecule has 2 aromatic heterocycles. The van der Waals surface area contributed by atoms with Crippen LogP contribution in [-0.4, -0.2) is 83.5 Å². The molecule has 12 nitrogen and oxygen atoms in total. The summed E-state index contributed by atoms with van der Waals surface area (Å²) in [5.41, 5.74) is 2.02. The number of aliphatic hydroxyl groups excluding tert-OH is 1. The highest BCUT2D eigenvalue weighted by Gasteiger charge is 2.44. The molecule has 220 valence electrons. The summed E-state index contributed by atoms with van der Waals surface area (Å²) < 4.78 is 56.2. The van der Waals surface area contributed by atoms with Crippen LogP contribution in [-0.2, 0) is 10.0 Å². The van der Waals surface area contributed by atoms with Crippen LogP contribution in [0.25, 0.3) is 5.65 Å². The summed E-state index contributed by atoms with van der Waals surface area (Å²) in [5.74, 6) is -3.06. The number of aromatic nitrogens is 4. The number of amides is 1. The second-order valence-electron chi connectivity index (χ2n) is 11.2. The monoisotopic (exact) mass is 590 g/mol. The summed E-state index contributed by atoms with van der Waals surface area (Å²) in [6, 6.07) is 4.72. The van der Waals surface area contributed by atoms with E-state index in [2.05, 4.69) is 30.1 Å². The van der Waals surface area contributed by atoms with Crippen molar-refractivity contribution in [3.63, 3.8) is 0 Å². The molecule has 6 rings (SSSR count). The number of hydrogen-bond acceptors (Lipinski definition) is 9. The molecule has 4 heterocycles. The van der Waals surface area contributed by atoms with Crippen molar-refractivity contribution in [2.75, 3.05) is 58.4 Å². The molecular formula is C26H32F2N8O4S. The third-order valence-electron chi connectivity index (χ3n) is 8.29. The third-order valence-corrected chi connectivity index (χ3v) is 9.56. The fourth-order valence-corrected chi connectivity index (χ4v) is 6.45. The molecule has 3 fully saturated rings. The van der Waals surface area contributed by atoms with Gasteiger partial charge in [0.25, 0.3) is 11.8 Å². The average molecular weight is 591 g/mol. The minimum Gasteiger partial charge on any atom is -0.395 e. The number of halogens is 2. The Morgan fingerprint density at radius 3 is 2.41 bits per heavy atom. The number of benzene rings is 1. The quantitative estimate of drug-likeness (QED) is 0.361. The maximum absolute atomic E-state index is 13.8. The van der Waals surface area contributed by atoms with E-state index in [0.717, 1.165) is 25.9 Å². The third kappa shape index (κ3) is 5.91. The summed E-state index contributed by atoms with van der Waals surface area (Å²) in [5, 5.41) is 19.9. The summed E-state index contributed by atoms with van der Waals surface area (Å²) >= 11 is 0. The number of aliphatic hydroxyl groups is 1. The standard InChI is InChI=1S/C26H32F2N8O4S/c27-26(28)7-11-35(12-8-26)22-23-32-29-17-36(23)16-21(30-22)31-24(38)19-2-1-18(33-41(39,40)14-13-37)15-20(19)34-9-5-25(3-4-25)6-10-34/h1-2,15-17,33,37H,3-14H2,(H,31,38). The van der Waals surface area contributed by atoms with Crippen LogP contribution in [0.4, 0.5) is 31.8 Å². The first-order chi connectivity index (χ1) is 19.6. The van der Waals surface area contributed by atoms with Crippen LogP contribution in [0.15, 0.2) is 30.7 Å². The molecule has 0 radical (unpaired) electrons. The van der Waals surface area contributed by atoms with Crippen LogP contribution in [0, 0.1) is 5.41 Å². The number of nitrogens with one attached hydrogen (secondary N) is 2. The first-order valence-corrected chi connectivity index (χ1v) is 15.4. The van der Waals surface area contributed by atoms with E-state index in [1.807, 2.05) is 0 Å². The predicted molar refractivity (Wildman–Crippen MR) is 149 cm³/mol. The van der Waals surface area contributed by atoms with Crippen molar-refractivity contribution in [1.82, 2.24) is 19.6 Å². The number of sulfonamides is 1. The number of anilines is 4. The lowest BCUT2D eigenvalue weighted by atomic mass is 9.93. The Balaban J connectivity index is 1.29. The Morgan fingerprint density at radius 2 is 1.73 bits per heavy atom. The fourth-order valence-electron chi connectivity index (χ4n) is 5.62. The van der Waals surface area contributed by atoms with Crippen LogP contribution >= 0.6 is 0 Å². The van der Waals surface area contributed by atoms with Crippen LogP contribution in [0.2, 0.25) is 0 Å². The van der Waals surface area contributed by atoms with E-state index in [0.29, 0.717) is 33.8 Å². The fraction of sp³-hybridized carbons (Fsp3) is 0.538. The van der Waals surface area contributed by atoms with Gasteiger partial charge in [0.15, 0.2) is 11.6 Å². The molecule has 41 heavy (non-hydrogen) atoms. The molecule has 3 aromatic rings. The number of rotatable bonds is 8. The van der Waals surface area contributed by atoms with Gasteiger partial charge in [0.2, 0.25) is 15.7 Å². The SMILES string of the molecule is O=C(Nc1cn2cnnc2c(N2CCC(F)(F)CC2)n1)c1ccc(NS(=O)(=O)CCO)cc1N1CCC2(CC1)CC2. The lowest BCUT2D eigenvalue weighted by molar-refractivity contribution is -0.0221. The van der Waals surface area contributed by atoms with Gasteiger partial charge in [0.1, 0.15) is 6.33 Å². The van der Waals surface area contributed by atoms with Gasteiger partial charge in [-0.1, -0.05) is 0 Å². The lowest BCUT2D eigenvalue weighted by Crippen LogP contribution is -2.40. The van der Waals surface area contributed by atoms with Gasteiger partial charge in [0.05, 0.1) is 35.5 Å². The first kappa shape index (κ1) is 27.6. The Kier molecular flexibility index (Phi) is 6.96. The van der Waals surface area contributed by atoms with Crippen LogP contribution in [0.3, 0.4) is 0 Å². The number of carbonyl (C=O) groups excluding carboxylic acids is 1. The van der Waals surface area contributed by atoms with E-state index in [-0.39, 0.29) is 31.7 Å². The molecule has 0 unspecified atom stereocenters. The molecule has 1 spiro atoms.